The zero-order valence-electron chi connectivity index (χ0n) is 11.7. The Morgan fingerprint density at radius 1 is 1.38 bits per heavy atom. The minimum Gasteiger partial charge on any atom is -0.481 e. The molecule has 0 saturated carbocycles. The van der Waals surface area contributed by atoms with E-state index in [9.17, 15) is 18.0 Å². The minimum atomic E-state index is -3.65. The molecule has 0 unspecified atom stereocenters. The number of carbonyl (C=O) groups excluding carboxylic acids is 1. The van der Waals surface area contributed by atoms with Gasteiger partial charge in [0.15, 0.2) is 0 Å². The van der Waals surface area contributed by atoms with Crippen LogP contribution < -0.4 is 0 Å². The summed E-state index contributed by atoms with van der Waals surface area (Å²) in [6.07, 6.45) is 0.299. The van der Waals surface area contributed by atoms with Crippen LogP contribution in [0.1, 0.15) is 17.7 Å². The summed E-state index contributed by atoms with van der Waals surface area (Å²) in [4.78, 5) is 22.0. The van der Waals surface area contributed by atoms with E-state index in [0.29, 0.717) is 11.3 Å². The Kier molecular flexibility index (Phi) is 6.31. The molecule has 0 aliphatic heterocycles. The fourth-order valence-electron chi connectivity index (χ4n) is 1.56. The van der Waals surface area contributed by atoms with Crippen molar-refractivity contribution < 1.29 is 27.9 Å². The van der Waals surface area contributed by atoms with E-state index < -0.39 is 16.0 Å². The highest BCUT2D eigenvalue weighted by Crippen LogP contribution is 2.24. The van der Waals surface area contributed by atoms with Crippen LogP contribution in [0.15, 0.2) is 16.3 Å². The van der Waals surface area contributed by atoms with E-state index in [2.05, 4.69) is 4.74 Å². The second-order valence-corrected chi connectivity index (χ2v) is 7.74. The van der Waals surface area contributed by atoms with Gasteiger partial charge in [-0.1, -0.05) is 0 Å². The first-order chi connectivity index (χ1) is 9.77. The number of methoxy groups -OCH3 is 1. The smallest absolute Gasteiger partial charge is 0.308 e. The van der Waals surface area contributed by atoms with Crippen molar-refractivity contribution in [2.45, 2.75) is 23.5 Å². The van der Waals surface area contributed by atoms with Gasteiger partial charge in [0.1, 0.15) is 4.21 Å². The quantitative estimate of drug-likeness (QED) is 0.710. The van der Waals surface area contributed by atoms with E-state index >= 15 is 0 Å². The topological polar surface area (TPSA) is 101 Å². The van der Waals surface area contributed by atoms with E-state index in [1.807, 2.05) is 0 Å². The molecule has 1 N–H and O–H groups in total. The molecule has 0 atom stereocenters. The van der Waals surface area contributed by atoms with E-state index in [1.54, 1.807) is 0 Å². The Morgan fingerprint density at radius 2 is 2.05 bits per heavy atom. The Hall–Kier alpha value is -1.45. The Bertz CT molecular complexity index is 607. The zero-order chi connectivity index (χ0) is 16.0. The van der Waals surface area contributed by atoms with Crippen LogP contribution in [0, 0.1) is 0 Å². The van der Waals surface area contributed by atoms with Crippen LogP contribution in [0.5, 0.6) is 0 Å². The van der Waals surface area contributed by atoms with Crippen molar-refractivity contribution in [2.24, 2.45) is 0 Å². The largest absolute Gasteiger partial charge is 0.481 e. The molecule has 21 heavy (non-hydrogen) atoms. The van der Waals surface area contributed by atoms with Crippen molar-refractivity contribution in [2.75, 3.05) is 20.7 Å². The first-order valence-electron chi connectivity index (χ1n) is 6.11. The highest BCUT2D eigenvalue weighted by molar-refractivity contribution is 7.91. The molecule has 0 aromatic carbocycles. The van der Waals surface area contributed by atoms with Crippen LogP contribution >= 0.6 is 11.3 Å². The number of sulfonamides is 1. The number of nitrogens with zero attached hydrogens (tertiary/aromatic N) is 1. The lowest BCUT2D eigenvalue weighted by molar-refractivity contribution is -0.140. The molecule has 118 valence electrons. The van der Waals surface area contributed by atoms with E-state index in [0.717, 1.165) is 15.6 Å². The summed E-state index contributed by atoms with van der Waals surface area (Å²) in [6, 6.07) is 2.89. The Balaban J connectivity index is 2.68. The van der Waals surface area contributed by atoms with E-state index in [1.165, 1.54) is 26.3 Å². The molecule has 0 spiro atoms. The summed E-state index contributed by atoms with van der Waals surface area (Å²) >= 11 is 0.939. The molecule has 0 aliphatic rings. The number of carbonyl (C=O) groups is 2. The highest BCUT2D eigenvalue weighted by atomic mass is 32.2. The normalized spacial score (nSPS) is 11.6. The van der Waals surface area contributed by atoms with Gasteiger partial charge in [-0.25, -0.2) is 12.7 Å². The van der Waals surface area contributed by atoms with Gasteiger partial charge >= 0.3 is 11.9 Å². The van der Waals surface area contributed by atoms with E-state index in [4.69, 9.17) is 5.11 Å². The molecular weight excluding hydrogens is 318 g/mol. The second-order valence-electron chi connectivity index (χ2n) is 4.30. The summed E-state index contributed by atoms with van der Waals surface area (Å²) in [7, 11) is -0.956. The zero-order valence-corrected chi connectivity index (χ0v) is 13.4. The van der Waals surface area contributed by atoms with Crippen molar-refractivity contribution in [3.63, 3.8) is 0 Å². The molecule has 0 bridgehead atoms. The van der Waals surface area contributed by atoms with Crippen molar-refractivity contribution in [1.82, 2.24) is 4.31 Å². The summed E-state index contributed by atoms with van der Waals surface area (Å²) in [6.45, 7) is 0.184. The molecule has 1 aromatic rings. The van der Waals surface area contributed by atoms with Crippen molar-refractivity contribution >= 4 is 33.3 Å². The predicted octanol–water partition coefficient (Wildman–Crippen LogP) is 0.949. The second kappa shape index (κ2) is 7.53. The summed E-state index contributed by atoms with van der Waals surface area (Å²) in [5.41, 5.74) is 0. The standard InChI is InChI=1S/C12H17NO6S2/c1-13(7-3-4-11(16)19-2)21(17,18)12-6-5-9(20-12)8-10(14)15/h5-6H,3-4,7-8H2,1-2H3,(H,14,15). The number of aliphatic carboxylic acids is 1. The van der Waals surface area contributed by atoms with E-state index in [-0.39, 0.29) is 29.6 Å². The molecule has 0 aliphatic carbocycles. The van der Waals surface area contributed by atoms with Crippen molar-refractivity contribution in [3.05, 3.63) is 17.0 Å². The van der Waals surface area contributed by atoms with Gasteiger partial charge in [0, 0.05) is 24.9 Å². The van der Waals surface area contributed by atoms with Crippen LogP contribution in [0.3, 0.4) is 0 Å². The lowest BCUT2D eigenvalue weighted by Crippen LogP contribution is -2.27. The van der Waals surface area contributed by atoms with Gasteiger partial charge < -0.3 is 9.84 Å². The minimum absolute atomic E-state index is 0.0966. The van der Waals surface area contributed by atoms with Crippen LogP contribution in [0.2, 0.25) is 0 Å². The number of esters is 1. The maximum Gasteiger partial charge on any atom is 0.308 e. The molecule has 1 aromatic heterocycles. The number of carboxylic acid groups (broad SMARTS) is 1. The molecular formula is C12H17NO6S2. The van der Waals surface area contributed by atoms with Crippen LogP contribution in [0.4, 0.5) is 0 Å². The number of hydrogen-bond acceptors (Lipinski definition) is 6. The molecule has 0 saturated heterocycles. The molecule has 7 nitrogen and oxygen atoms in total. The third-order valence-corrected chi connectivity index (χ3v) is 6.12. The lowest BCUT2D eigenvalue weighted by atomic mass is 10.3. The monoisotopic (exact) mass is 335 g/mol. The highest BCUT2D eigenvalue weighted by Gasteiger charge is 2.23. The molecule has 9 heteroatoms. The van der Waals surface area contributed by atoms with Crippen LogP contribution in [-0.4, -0.2) is 50.5 Å². The van der Waals surface area contributed by atoms with Gasteiger partial charge in [-0.2, -0.15) is 0 Å². The molecule has 1 heterocycles. The predicted molar refractivity (Wildman–Crippen MR) is 76.7 cm³/mol. The van der Waals surface area contributed by atoms with Gasteiger partial charge in [0.25, 0.3) is 10.0 Å². The first kappa shape index (κ1) is 17.6. The lowest BCUT2D eigenvalue weighted by Gasteiger charge is -2.15. The maximum absolute atomic E-state index is 12.2. The average molecular weight is 335 g/mol. The molecule has 0 radical (unpaired) electrons. The summed E-state index contributed by atoms with van der Waals surface area (Å²) in [5, 5.41) is 8.68. The van der Waals surface area contributed by atoms with Crippen LogP contribution in [-0.2, 0) is 30.8 Å². The van der Waals surface area contributed by atoms with Gasteiger partial charge in [0.05, 0.1) is 13.5 Å². The average Bonchev–Trinajstić information content (AvgIpc) is 2.86. The van der Waals surface area contributed by atoms with Gasteiger partial charge in [-0.3, -0.25) is 9.59 Å². The SMILES string of the molecule is COC(=O)CCCN(C)S(=O)(=O)c1ccc(CC(=O)O)s1. The van der Waals surface area contributed by atoms with Crippen molar-refractivity contribution in [3.8, 4) is 0 Å². The third kappa shape index (κ3) is 5.10. The number of hydrogen-bond donors (Lipinski definition) is 1. The third-order valence-electron chi connectivity index (χ3n) is 2.71. The van der Waals surface area contributed by atoms with Crippen LogP contribution in [0.25, 0.3) is 0 Å². The molecule has 0 amide bonds. The maximum atomic E-state index is 12.2. The van der Waals surface area contributed by atoms with Gasteiger partial charge in [-0.05, 0) is 18.6 Å². The Labute approximate surface area is 127 Å². The van der Waals surface area contributed by atoms with Gasteiger partial charge in [-0.15, -0.1) is 11.3 Å². The fraction of sp³-hybridized carbons (Fsp3) is 0.500. The fourth-order valence-corrected chi connectivity index (χ4v) is 4.33. The number of rotatable bonds is 8. The Morgan fingerprint density at radius 3 is 2.62 bits per heavy atom. The number of carboxylic acids is 1. The van der Waals surface area contributed by atoms with Gasteiger partial charge in [0.2, 0.25) is 0 Å². The summed E-state index contributed by atoms with van der Waals surface area (Å²) < 4.78 is 30.2. The van der Waals surface area contributed by atoms with Crippen molar-refractivity contribution in [1.29, 1.82) is 0 Å². The molecule has 0 fully saturated rings. The number of thiophene rings is 1. The summed E-state index contributed by atoms with van der Waals surface area (Å²) in [5.74, 6) is -1.40. The molecule has 1 rings (SSSR count). The first-order valence-corrected chi connectivity index (χ1v) is 8.36. The number of ether oxygens (including phenoxy) is 1.